The third-order valence-corrected chi connectivity index (χ3v) is 4.16. The van der Waals surface area contributed by atoms with Crippen LogP contribution < -0.4 is 4.90 Å². The van der Waals surface area contributed by atoms with Gasteiger partial charge in [0.15, 0.2) is 0 Å². The van der Waals surface area contributed by atoms with Crippen molar-refractivity contribution in [2.45, 2.75) is 0 Å². The number of hydrogen-bond donors (Lipinski definition) is 1. The van der Waals surface area contributed by atoms with Crippen molar-refractivity contribution in [2.75, 3.05) is 65.4 Å². The SMILES string of the molecule is CN(C)CCN(C)C[C@@H]1CN(c2cnccn2)C[C@@H]1CO. The molecule has 1 aromatic heterocycles. The Labute approximate surface area is 127 Å². The van der Waals surface area contributed by atoms with E-state index in [0.717, 1.165) is 38.5 Å². The van der Waals surface area contributed by atoms with Gasteiger partial charge in [0.1, 0.15) is 5.82 Å². The second-order valence-electron chi connectivity index (χ2n) is 6.24. The fourth-order valence-electron chi connectivity index (χ4n) is 2.86. The van der Waals surface area contributed by atoms with Crippen molar-refractivity contribution in [1.29, 1.82) is 0 Å². The number of aromatic nitrogens is 2. The van der Waals surface area contributed by atoms with Crippen LogP contribution in [0.3, 0.4) is 0 Å². The fraction of sp³-hybridized carbons (Fsp3) is 0.733. The summed E-state index contributed by atoms with van der Waals surface area (Å²) in [4.78, 5) is 15.3. The lowest BCUT2D eigenvalue weighted by molar-refractivity contribution is 0.171. The molecule has 0 amide bonds. The second kappa shape index (κ2) is 7.68. The van der Waals surface area contributed by atoms with E-state index >= 15 is 0 Å². The van der Waals surface area contributed by atoms with Gasteiger partial charge in [0.2, 0.25) is 0 Å². The zero-order chi connectivity index (χ0) is 15.2. The van der Waals surface area contributed by atoms with Crippen LogP contribution in [-0.2, 0) is 0 Å². The van der Waals surface area contributed by atoms with Crippen molar-refractivity contribution in [3.05, 3.63) is 18.6 Å². The molecule has 1 aliphatic rings. The van der Waals surface area contributed by atoms with Gasteiger partial charge in [-0.25, -0.2) is 4.98 Å². The standard InChI is InChI=1S/C15H27N5O/c1-18(2)6-7-19(3)9-13-10-20(11-14(13)12-21)15-8-16-4-5-17-15/h4-5,8,13-14,21H,6-7,9-12H2,1-3H3/t13-,14-/m1/s1. The fourth-order valence-corrected chi connectivity index (χ4v) is 2.86. The third kappa shape index (κ3) is 4.62. The van der Waals surface area contributed by atoms with Gasteiger partial charge in [-0.15, -0.1) is 0 Å². The summed E-state index contributed by atoms with van der Waals surface area (Å²) in [7, 11) is 6.34. The van der Waals surface area contributed by atoms with E-state index in [1.165, 1.54) is 0 Å². The van der Waals surface area contributed by atoms with Gasteiger partial charge < -0.3 is 19.8 Å². The number of aliphatic hydroxyl groups is 1. The minimum Gasteiger partial charge on any atom is -0.396 e. The van der Waals surface area contributed by atoms with Crippen molar-refractivity contribution in [3.8, 4) is 0 Å². The van der Waals surface area contributed by atoms with E-state index in [-0.39, 0.29) is 6.61 Å². The Balaban J connectivity index is 1.90. The summed E-state index contributed by atoms with van der Waals surface area (Å²) in [5, 5.41) is 9.64. The number of aliphatic hydroxyl groups excluding tert-OH is 1. The largest absolute Gasteiger partial charge is 0.396 e. The topological polar surface area (TPSA) is 55.7 Å². The van der Waals surface area contributed by atoms with Gasteiger partial charge >= 0.3 is 0 Å². The van der Waals surface area contributed by atoms with E-state index in [9.17, 15) is 5.11 Å². The van der Waals surface area contributed by atoms with Gasteiger partial charge in [0, 0.05) is 57.6 Å². The van der Waals surface area contributed by atoms with E-state index in [1.54, 1.807) is 18.6 Å². The van der Waals surface area contributed by atoms with Gasteiger partial charge in [-0.1, -0.05) is 0 Å². The van der Waals surface area contributed by atoms with Crippen LogP contribution in [0.1, 0.15) is 0 Å². The molecule has 0 aromatic carbocycles. The Kier molecular flexibility index (Phi) is 5.90. The molecule has 2 heterocycles. The van der Waals surface area contributed by atoms with Crippen molar-refractivity contribution < 1.29 is 5.11 Å². The monoisotopic (exact) mass is 293 g/mol. The molecule has 21 heavy (non-hydrogen) atoms. The molecule has 2 atom stereocenters. The van der Waals surface area contributed by atoms with Crippen LogP contribution >= 0.6 is 0 Å². The maximum absolute atomic E-state index is 9.64. The number of nitrogens with zero attached hydrogens (tertiary/aromatic N) is 5. The molecule has 1 aromatic rings. The second-order valence-corrected chi connectivity index (χ2v) is 6.24. The highest BCUT2D eigenvalue weighted by molar-refractivity contribution is 5.37. The van der Waals surface area contributed by atoms with E-state index < -0.39 is 0 Å². The molecule has 6 nitrogen and oxygen atoms in total. The summed E-state index contributed by atoms with van der Waals surface area (Å²) in [5.74, 6) is 1.70. The number of hydrogen-bond acceptors (Lipinski definition) is 6. The summed E-state index contributed by atoms with van der Waals surface area (Å²) in [6.07, 6.45) is 5.21. The third-order valence-electron chi connectivity index (χ3n) is 4.16. The molecule has 1 N–H and O–H groups in total. The molecule has 0 unspecified atom stereocenters. The Morgan fingerprint density at radius 2 is 1.95 bits per heavy atom. The minimum atomic E-state index is 0.239. The van der Waals surface area contributed by atoms with Gasteiger partial charge in [-0.2, -0.15) is 0 Å². The lowest BCUT2D eigenvalue weighted by Gasteiger charge is -2.25. The quantitative estimate of drug-likeness (QED) is 0.764. The maximum Gasteiger partial charge on any atom is 0.147 e. The average Bonchev–Trinajstić information content (AvgIpc) is 2.89. The molecule has 6 heteroatoms. The highest BCUT2D eigenvalue weighted by atomic mass is 16.3. The minimum absolute atomic E-state index is 0.239. The molecule has 0 aliphatic carbocycles. The Bertz CT molecular complexity index is 414. The van der Waals surface area contributed by atoms with Crippen molar-refractivity contribution in [3.63, 3.8) is 0 Å². The molecule has 118 valence electrons. The lowest BCUT2D eigenvalue weighted by atomic mass is 9.96. The summed E-state index contributed by atoms with van der Waals surface area (Å²) in [5.41, 5.74) is 0. The van der Waals surface area contributed by atoms with Crippen LogP contribution in [-0.4, -0.2) is 85.3 Å². The van der Waals surface area contributed by atoms with Crippen molar-refractivity contribution >= 4 is 5.82 Å². The summed E-state index contributed by atoms with van der Waals surface area (Å²) >= 11 is 0. The first-order valence-corrected chi connectivity index (χ1v) is 7.55. The lowest BCUT2D eigenvalue weighted by Crippen LogP contribution is -2.35. The summed E-state index contributed by atoms with van der Waals surface area (Å²) in [6.45, 7) is 5.16. The van der Waals surface area contributed by atoms with Crippen LogP contribution in [0, 0.1) is 11.8 Å². The predicted octanol–water partition coefficient (Wildman–Crippen LogP) is 0.0147. The average molecular weight is 293 g/mol. The number of anilines is 1. The van der Waals surface area contributed by atoms with E-state index in [2.05, 4.69) is 45.8 Å². The molecule has 2 rings (SSSR count). The molecule has 0 bridgehead atoms. The van der Waals surface area contributed by atoms with Gasteiger partial charge in [-0.05, 0) is 27.1 Å². The van der Waals surface area contributed by atoms with Gasteiger partial charge in [-0.3, -0.25) is 4.98 Å². The Morgan fingerprint density at radius 3 is 2.57 bits per heavy atom. The smallest absolute Gasteiger partial charge is 0.147 e. The van der Waals surface area contributed by atoms with E-state index in [0.29, 0.717) is 11.8 Å². The zero-order valence-electron chi connectivity index (χ0n) is 13.3. The predicted molar refractivity (Wildman–Crippen MR) is 84.4 cm³/mol. The first kappa shape index (κ1) is 16.1. The van der Waals surface area contributed by atoms with Gasteiger partial charge in [0.05, 0.1) is 6.20 Å². The number of rotatable bonds is 7. The van der Waals surface area contributed by atoms with E-state index in [1.807, 2.05) is 0 Å². The highest BCUT2D eigenvalue weighted by Crippen LogP contribution is 2.27. The summed E-state index contributed by atoms with van der Waals surface area (Å²) < 4.78 is 0. The Hall–Kier alpha value is -1.24. The normalized spacial score (nSPS) is 22.5. The van der Waals surface area contributed by atoms with Crippen molar-refractivity contribution in [2.24, 2.45) is 11.8 Å². The molecule has 1 fully saturated rings. The van der Waals surface area contributed by atoms with Crippen LogP contribution in [0.4, 0.5) is 5.82 Å². The van der Waals surface area contributed by atoms with Crippen LogP contribution in [0.5, 0.6) is 0 Å². The van der Waals surface area contributed by atoms with Crippen LogP contribution in [0.25, 0.3) is 0 Å². The molecule has 0 radical (unpaired) electrons. The van der Waals surface area contributed by atoms with Crippen molar-refractivity contribution in [1.82, 2.24) is 19.8 Å². The first-order valence-electron chi connectivity index (χ1n) is 7.55. The van der Waals surface area contributed by atoms with Crippen LogP contribution in [0.15, 0.2) is 18.6 Å². The molecule has 1 saturated heterocycles. The molecule has 0 saturated carbocycles. The van der Waals surface area contributed by atoms with E-state index in [4.69, 9.17) is 0 Å². The maximum atomic E-state index is 9.64. The first-order chi connectivity index (χ1) is 10.1. The molecular weight excluding hydrogens is 266 g/mol. The Morgan fingerprint density at radius 1 is 1.19 bits per heavy atom. The molecular formula is C15H27N5O. The highest BCUT2D eigenvalue weighted by Gasteiger charge is 2.33. The zero-order valence-corrected chi connectivity index (χ0v) is 13.3. The molecule has 1 aliphatic heterocycles. The number of likely N-dealkylation sites (N-methyl/N-ethyl adjacent to an activating group) is 2. The van der Waals surface area contributed by atoms with Crippen LogP contribution in [0.2, 0.25) is 0 Å². The molecule has 0 spiro atoms. The van der Waals surface area contributed by atoms with Gasteiger partial charge in [0.25, 0.3) is 0 Å². The summed E-state index contributed by atoms with van der Waals surface area (Å²) in [6, 6.07) is 0.